The molecule has 0 saturated carbocycles. The number of halogens is 3. The normalized spacial score (nSPS) is 17.1. The standard InChI is InChI=1S/C13H18F3N3O/c1-10-8-11(13(14,15)16)17-19(10)9-12(20)18-6-4-2-3-5-7-18/h8H,2-7,9H2,1H3. The maximum Gasteiger partial charge on any atom is 0.435 e. The van der Waals surface area contributed by atoms with E-state index in [1.165, 1.54) is 6.92 Å². The van der Waals surface area contributed by atoms with Crippen LogP contribution >= 0.6 is 0 Å². The molecule has 1 aliphatic rings. The lowest BCUT2D eigenvalue weighted by atomic mass is 10.2. The average molecular weight is 289 g/mol. The maximum absolute atomic E-state index is 12.6. The highest BCUT2D eigenvalue weighted by Gasteiger charge is 2.34. The Morgan fingerprint density at radius 2 is 1.85 bits per heavy atom. The zero-order chi connectivity index (χ0) is 14.8. The van der Waals surface area contributed by atoms with Crippen molar-refractivity contribution in [3.63, 3.8) is 0 Å². The first kappa shape index (κ1) is 14.9. The highest BCUT2D eigenvalue weighted by Crippen LogP contribution is 2.28. The Labute approximate surface area is 115 Å². The summed E-state index contributed by atoms with van der Waals surface area (Å²) in [5, 5.41) is 3.48. The van der Waals surface area contributed by atoms with Crippen molar-refractivity contribution in [1.29, 1.82) is 0 Å². The second-order valence-corrected chi connectivity index (χ2v) is 5.12. The summed E-state index contributed by atoms with van der Waals surface area (Å²) < 4.78 is 38.8. The molecule has 2 heterocycles. The van der Waals surface area contributed by atoms with Gasteiger partial charge >= 0.3 is 6.18 Å². The van der Waals surface area contributed by atoms with Gasteiger partial charge in [-0.05, 0) is 25.8 Å². The van der Waals surface area contributed by atoms with Gasteiger partial charge in [0.25, 0.3) is 0 Å². The Kier molecular flexibility index (Phi) is 4.35. The van der Waals surface area contributed by atoms with E-state index >= 15 is 0 Å². The predicted molar refractivity (Wildman–Crippen MR) is 67.0 cm³/mol. The summed E-state index contributed by atoms with van der Waals surface area (Å²) in [6.45, 7) is 2.77. The van der Waals surface area contributed by atoms with Crippen LogP contribution < -0.4 is 0 Å². The van der Waals surface area contributed by atoms with Crippen molar-refractivity contribution in [3.8, 4) is 0 Å². The van der Waals surface area contributed by atoms with Crippen molar-refractivity contribution in [2.24, 2.45) is 0 Å². The highest BCUT2D eigenvalue weighted by atomic mass is 19.4. The lowest BCUT2D eigenvalue weighted by Crippen LogP contribution is -2.35. The van der Waals surface area contributed by atoms with Crippen LogP contribution in [0.25, 0.3) is 0 Å². The van der Waals surface area contributed by atoms with Gasteiger partial charge in [-0.15, -0.1) is 0 Å². The van der Waals surface area contributed by atoms with E-state index in [9.17, 15) is 18.0 Å². The summed E-state index contributed by atoms with van der Waals surface area (Å²) in [4.78, 5) is 13.8. The molecule has 0 spiro atoms. The topological polar surface area (TPSA) is 38.1 Å². The molecule has 1 saturated heterocycles. The number of nitrogens with zero attached hydrogens (tertiary/aromatic N) is 3. The second kappa shape index (κ2) is 5.85. The summed E-state index contributed by atoms with van der Waals surface area (Å²) in [7, 11) is 0. The number of hydrogen-bond donors (Lipinski definition) is 0. The summed E-state index contributed by atoms with van der Waals surface area (Å²) >= 11 is 0. The molecule has 0 N–H and O–H groups in total. The molecular formula is C13H18F3N3O. The van der Waals surface area contributed by atoms with Crippen LogP contribution in [0, 0.1) is 6.92 Å². The van der Waals surface area contributed by atoms with Crippen LogP contribution in [0.4, 0.5) is 13.2 Å². The minimum atomic E-state index is -4.47. The summed E-state index contributed by atoms with van der Waals surface area (Å²) in [5.41, 5.74) is -0.598. The second-order valence-electron chi connectivity index (χ2n) is 5.12. The molecule has 1 fully saturated rings. The minimum Gasteiger partial charge on any atom is -0.341 e. The number of likely N-dealkylation sites (tertiary alicyclic amines) is 1. The zero-order valence-electron chi connectivity index (χ0n) is 11.4. The van der Waals surface area contributed by atoms with Crippen LogP contribution in [0.15, 0.2) is 6.07 Å². The monoisotopic (exact) mass is 289 g/mol. The third kappa shape index (κ3) is 3.52. The molecule has 0 aliphatic carbocycles. The van der Waals surface area contributed by atoms with Crippen molar-refractivity contribution in [3.05, 3.63) is 17.5 Å². The van der Waals surface area contributed by atoms with Gasteiger partial charge in [0.05, 0.1) is 0 Å². The van der Waals surface area contributed by atoms with Gasteiger partial charge in [-0.25, -0.2) is 0 Å². The van der Waals surface area contributed by atoms with Crippen LogP contribution in [0.5, 0.6) is 0 Å². The number of alkyl halides is 3. The van der Waals surface area contributed by atoms with E-state index in [-0.39, 0.29) is 12.5 Å². The Balaban J connectivity index is 2.05. The number of carbonyl (C=O) groups excluding carboxylic acids is 1. The number of aryl methyl sites for hydroxylation is 1. The molecule has 0 atom stereocenters. The number of rotatable bonds is 2. The average Bonchev–Trinajstić information content (AvgIpc) is 2.61. The number of amides is 1. The van der Waals surface area contributed by atoms with Crippen molar-refractivity contribution in [1.82, 2.24) is 14.7 Å². The summed E-state index contributed by atoms with van der Waals surface area (Å²) in [5.74, 6) is -0.160. The molecule has 4 nitrogen and oxygen atoms in total. The van der Waals surface area contributed by atoms with E-state index in [1.54, 1.807) is 4.90 Å². The van der Waals surface area contributed by atoms with Gasteiger partial charge in [-0.2, -0.15) is 18.3 Å². The van der Waals surface area contributed by atoms with Gasteiger partial charge in [-0.1, -0.05) is 12.8 Å². The Morgan fingerprint density at radius 3 is 2.35 bits per heavy atom. The quantitative estimate of drug-likeness (QED) is 0.839. The van der Waals surface area contributed by atoms with Gasteiger partial charge in [-0.3, -0.25) is 9.48 Å². The fourth-order valence-corrected chi connectivity index (χ4v) is 2.36. The largest absolute Gasteiger partial charge is 0.435 e. The van der Waals surface area contributed by atoms with Crippen LogP contribution in [0.2, 0.25) is 0 Å². The van der Waals surface area contributed by atoms with Gasteiger partial charge in [0.1, 0.15) is 6.54 Å². The van der Waals surface area contributed by atoms with E-state index in [0.29, 0.717) is 18.8 Å². The molecule has 0 radical (unpaired) electrons. The molecule has 112 valence electrons. The molecule has 1 amide bonds. The van der Waals surface area contributed by atoms with Crippen molar-refractivity contribution < 1.29 is 18.0 Å². The minimum absolute atomic E-state index is 0.123. The fraction of sp³-hybridized carbons (Fsp3) is 0.692. The van der Waals surface area contributed by atoms with Crippen molar-refractivity contribution >= 4 is 5.91 Å². The van der Waals surface area contributed by atoms with E-state index < -0.39 is 11.9 Å². The molecular weight excluding hydrogens is 271 g/mol. The van der Waals surface area contributed by atoms with E-state index in [1.807, 2.05) is 0 Å². The summed E-state index contributed by atoms with van der Waals surface area (Å²) in [6.07, 6.45) is -0.359. The fourth-order valence-electron chi connectivity index (χ4n) is 2.36. The first-order valence-corrected chi connectivity index (χ1v) is 6.77. The molecule has 1 aliphatic heterocycles. The number of hydrogen-bond acceptors (Lipinski definition) is 2. The third-order valence-corrected chi connectivity index (χ3v) is 3.52. The lowest BCUT2D eigenvalue weighted by molar-refractivity contribution is -0.142. The molecule has 0 bridgehead atoms. The molecule has 7 heteroatoms. The van der Waals surface area contributed by atoms with Crippen molar-refractivity contribution in [2.75, 3.05) is 13.1 Å². The van der Waals surface area contributed by atoms with E-state index in [0.717, 1.165) is 36.4 Å². The van der Waals surface area contributed by atoms with Gasteiger partial charge in [0, 0.05) is 18.8 Å². The first-order valence-electron chi connectivity index (χ1n) is 6.77. The highest BCUT2D eigenvalue weighted by molar-refractivity contribution is 5.76. The molecule has 20 heavy (non-hydrogen) atoms. The van der Waals surface area contributed by atoms with Crippen LogP contribution in [0.3, 0.4) is 0 Å². The molecule has 0 unspecified atom stereocenters. The Bertz CT molecular complexity index is 474. The van der Waals surface area contributed by atoms with E-state index in [4.69, 9.17) is 0 Å². The number of carbonyl (C=O) groups is 1. The van der Waals surface area contributed by atoms with Crippen LogP contribution in [-0.2, 0) is 17.5 Å². The molecule has 0 aromatic carbocycles. The molecule has 1 aromatic heterocycles. The predicted octanol–water partition coefficient (Wildman–Crippen LogP) is 2.61. The van der Waals surface area contributed by atoms with Crippen LogP contribution in [0.1, 0.15) is 37.1 Å². The SMILES string of the molecule is Cc1cc(C(F)(F)F)nn1CC(=O)N1CCCCCC1. The van der Waals surface area contributed by atoms with Gasteiger partial charge in [0.2, 0.25) is 5.91 Å². The third-order valence-electron chi connectivity index (χ3n) is 3.52. The van der Waals surface area contributed by atoms with Crippen molar-refractivity contribution in [2.45, 2.75) is 45.3 Å². The maximum atomic E-state index is 12.6. The van der Waals surface area contributed by atoms with Crippen LogP contribution in [-0.4, -0.2) is 33.7 Å². The van der Waals surface area contributed by atoms with Gasteiger partial charge in [0.15, 0.2) is 5.69 Å². The van der Waals surface area contributed by atoms with Gasteiger partial charge < -0.3 is 4.90 Å². The lowest BCUT2D eigenvalue weighted by Gasteiger charge is -2.20. The smallest absolute Gasteiger partial charge is 0.341 e. The first-order chi connectivity index (χ1) is 9.38. The summed E-state index contributed by atoms with van der Waals surface area (Å²) in [6, 6.07) is 0.968. The molecule has 2 rings (SSSR count). The number of aromatic nitrogens is 2. The van der Waals surface area contributed by atoms with E-state index in [2.05, 4.69) is 5.10 Å². The molecule has 1 aromatic rings. The Hall–Kier alpha value is -1.53. The Morgan fingerprint density at radius 1 is 1.25 bits per heavy atom. The zero-order valence-corrected chi connectivity index (χ0v) is 11.4.